The molecular weight excluding hydrogens is 226 g/mol. The summed E-state index contributed by atoms with van der Waals surface area (Å²) in [5.74, 6) is 1.14. The molecule has 0 spiro atoms. The van der Waals surface area contributed by atoms with Crippen LogP contribution < -0.4 is 5.73 Å². The van der Waals surface area contributed by atoms with E-state index in [1.54, 1.807) is 7.11 Å². The maximum atomic E-state index is 5.67. The number of nitrogens with two attached hydrogens (primary N) is 1. The van der Waals surface area contributed by atoms with Gasteiger partial charge >= 0.3 is 0 Å². The predicted octanol–water partition coefficient (Wildman–Crippen LogP) is 2.09. The van der Waals surface area contributed by atoms with Crippen molar-refractivity contribution in [3.05, 3.63) is 29.6 Å². The van der Waals surface area contributed by atoms with Gasteiger partial charge in [-0.05, 0) is 31.0 Å². The van der Waals surface area contributed by atoms with E-state index in [4.69, 9.17) is 15.5 Å². The Morgan fingerprint density at radius 1 is 1.39 bits per heavy atom. The molecule has 0 aliphatic heterocycles. The first-order valence-corrected chi connectivity index (χ1v) is 6.47. The van der Waals surface area contributed by atoms with E-state index in [1.165, 1.54) is 5.52 Å². The van der Waals surface area contributed by atoms with Gasteiger partial charge in [-0.2, -0.15) is 0 Å². The van der Waals surface area contributed by atoms with Crippen LogP contribution in [0.4, 0.5) is 0 Å². The van der Waals surface area contributed by atoms with Gasteiger partial charge in [0.25, 0.3) is 0 Å². The molecule has 98 valence electrons. The Hall–Kier alpha value is -1.39. The first kappa shape index (κ1) is 13.1. The smallest absolute Gasteiger partial charge is 0.109 e. The zero-order chi connectivity index (χ0) is 13.0. The van der Waals surface area contributed by atoms with Crippen LogP contribution in [0.25, 0.3) is 11.0 Å². The van der Waals surface area contributed by atoms with Crippen molar-refractivity contribution in [2.75, 3.05) is 13.7 Å². The molecule has 2 aromatic rings. The van der Waals surface area contributed by atoms with E-state index >= 15 is 0 Å². The molecule has 0 amide bonds. The number of imidazole rings is 1. The Bertz CT molecular complexity index is 519. The van der Waals surface area contributed by atoms with Gasteiger partial charge in [-0.15, -0.1) is 0 Å². The van der Waals surface area contributed by atoms with Crippen molar-refractivity contribution < 1.29 is 4.74 Å². The molecule has 0 unspecified atom stereocenters. The molecule has 0 saturated carbocycles. The van der Waals surface area contributed by atoms with E-state index in [2.05, 4.69) is 29.7 Å². The van der Waals surface area contributed by atoms with Crippen LogP contribution in [0.3, 0.4) is 0 Å². The molecule has 4 nitrogen and oxygen atoms in total. The number of aryl methyl sites for hydroxylation is 2. The standard InChI is InChI=1S/C14H21N3O/c1-3-17-13-7-6-11(10-15)9-12(13)16-14(17)5-4-8-18-2/h6-7,9H,3-5,8,10,15H2,1-2H3. The number of hydrogen-bond donors (Lipinski definition) is 1. The van der Waals surface area contributed by atoms with E-state index in [0.29, 0.717) is 6.54 Å². The van der Waals surface area contributed by atoms with Gasteiger partial charge in [-0.25, -0.2) is 4.98 Å². The van der Waals surface area contributed by atoms with Gasteiger partial charge in [-0.3, -0.25) is 0 Å². The summed E-state index contributed by atoms with van der Waals surface area (Å²) in [6, 6.07) is 6.28. The zero-order valence-electron chi connectivity index (χ0n) is 11.1. The van der Waals surface area contributed by atoms with Gasteiger partial charge in [0.2, 0.25) is 0 Å². The SMILES string of the molecule is CCn1c(CCCOC)nc2cc(CN)ccc21. The van der Waals surface area contributed by atoms with Gasteiger partial charge in [-0.1, -0.05) is 6.07 Å². The van der Waals surface area contributed by atoms with Crippen LogP contribution in [0.1, 0.15) is 24.7 Å². The van der Waals surface area contributed by atoms with Crippen molar-refractivity contribution in [3.8, 4) is 0 Å². The van der Waals surface area contributed by atoms with Gasteiger partial charge < -0.3 is 15.0 Å². The Balaban J connectivity index is 2.34. The number of aromatic nitrogens is 2. The van der Waals surface area contributed by atoms with Crippen molar-refractivity contribution in [1.29, 1.82) is 0 Å². The summed E-state index contributed by atoms with van der Waals surface area (Å²) >= 11 is 0. The molecule has 0 aliphatic carbocycles. The Labute approximate surface area is 108 Å². The average molecular weight is 247 g/mol. The molecule has 0 aliphatic rings. The van der Waals surface area contributed by atoms with Gasteiger partial charge in [0.1, 0.15) is 5.82 Å². The van der Waals surface area contributed by atoms with Crippen LogP contribution in [0.15, 0.2) is 18.2 Å². The lowest BCUT2D eigenvalue weighted by Gasteiger charge is -2.05. The van der Waals surface area contributed by atoms with E-state index in [-0.39, 0.29) is 0 Å². The molecule has 4 heteroatoms. The molecule has 1 aromatic heterocycles. The highest BCUT2D eigenvalue weighted by Crippen LogP contribution is 2.19. The number of ether oxygens (including phenoxy) is 1. The summed E-state index contributed by atoms with van der Waals surface area (Å²) in [7, 11) is 1.73. The van der Waals surface area contributed by atoms with Gasteiger partial charge in [0.05, 0.1) is 11.0 Å². The fourth-order valence-corrected chi connectivity index (χ4v) is 2.27. The Morgan fingerprint density at radius 3 is 2.89 bits per heavy atom. The highest BCUT2D eigenvalue weighted by Gasteiger charge is 2.09. The second-order valence-electron chi connectivity index (χ2n) is 4.40. The number of hydrogen-bond acceptors (Lipinski definition) is 3. The highest BCUT2D eigenvalue weighted by molar-refractivity contribution is 5.77. The lowest BCUT2D eigenvalue weighted by atomic mass is 10.2. The summed E-state index contributed by atoms with van der Waals surface area (Å²) in [6.07, 6.45) is 1.96. The molecule has 0 atom stereocenters. The number of methoxy groups -OCH3 is 1. The van der Waals surface area contributed by atoms with Crippen LogP contribution in [0.2, 0.25) is 0 Å². The van der Waals surface area contributed by atoms with E-state index in [0.717, 1.165) is 42.9 Å². The number of fused-ring (bicyclic) bond motifs is 1. The summed E-state index contributed by atoms with van der Waals surface area (Å²) < 4.78 is 7.36. The van der Waals surface area contributed by atoms with Gasteiger partial charge in [0.15, 0.2) is 0 Å². The largest absolute Gasteiger partial charge is 0.385 e. The van der Waals surface area contributed by atoms with Crippen LogP contribution in [-0.2, 0) is 24.2 Å². The van der Waals surface area contributed by atoms with E-state index in [1.807, 2.05) is 0 Å². The normalized spacial score (nSPS) is 11.3. The second kappa shape index (κ2) is 5.98. The van der Waals surface area contributed by atoms with Crippen LogP contribution in [-0.4, -0.2) is 23.3 Å². The molecule has 0 radical (unpaired) electrons. The minimum Gasteiger partial charge on any atom is -0.385 e. The van der Waals surface area contributed by atoms with Crippen molar-refractivity contribution >= 4 is 11.0 Å². The monoisotopic (exact) mass is 247 g/mol. The van der Waals surface area contributed by atoms with E-state index < -0.39 is 0 Å². The molecular formula is C14H21N3O. The Morgan fingerprint density at radius 2 is 2.22 bits per heavy atom. The summed E-state index contributed by atoms with van der Waals surface area (Å²) in [4.78, 5) is 4.72. The highest BCUT2D eigenvalue weighted by atomic mass is 16.5. The fraction of sp³-hybridized carbons (Fsp3) is 0.500. The van der Waals surface area contributed by atoms with Crippen LogP contribution in [0, 0.1) is 0 Å². The van der Waals surface area contributed by atoms with Crippen molar-refractivity contribution in [2.24, 2.45) is 5.73 Å². The Kier molecular flexibility index (Phi) is 4.33. The molecule has 0 fully saturated rings. The van der Waals surface area contributed by atoms with Crippen molar-refractivity contribution in [2.45, 2.75) is 32.9 Å². The third-order valence-electron chi connectivity index (χ3n) is 3.19. The molecule has 1 aromatic carbocycles. The second-order valence-corrected chi connectivity index (χ2v) is 4.40. The fourth-order valence-electron chi connectivity index (χ4n) is 2.27. The zero-order valence-corrected chi connectivity index (χ0v) is 11.1. The molecule has 2 rings (SSSR count). The van der Waals surface area contributed by atoms with Gasteiger partial charge in [0, 0.05) is 33.2 Å². The summed E-state index contributed by atoms with van der Waals surface area (Å²) in [5.41, 5.74) is 9.04. The quantitative estimate of drug-likeness (QED) is 0.795. The lowest BCUT2D eigenvalue weighted by molar-refractivity contribution is 0.194. The third-order valence-corrected chi connectivity index (χ3v) is 3.19. The maximum absolute atomic E-state index is 5.67. The van der Waals surface area contributed by atoms with Crippen LogP contribution in [0.5, 0.6) is 0 Å². The first-order chi connectivity index (χ1) is 8.80. The lowest BCUT2D eigenvalue weighted by Crippen LogP contribution is -2.03. The van der Waals surface area contributed by atoms with Crippen LogP contribution >= 0.6 is 0 Å². The topological polar surface area (TPSA) is 53.1 Å². The minimum atomic E-state index is 0.563. The molecule has 1 heterocycles. The molecule has 0 saturated heterocycles. The van der Waals surface area contributed by atoms with Crippen molar-refractivity contribution in [3.63, 3.8) is 0 Å². The summed E-state index contributed by atoms with van der Waals surface area (Å²) in [5, 5.41) is 0. The first-order valence-electron chi connectivity index (χ1n) is 6.47. The number of rotatable bonds is 6. The summed E-state index contributed by atoms with van der Waals surface area (Å²) in [6.45, 7) is 4.44. The predicted molar refractivity (Wildman–Crippen MR) is 73.5 cm³/mol. The van der Waals surface area contributed by atoms with E-state index in [9.17, 15) is 0 Å². The van der Waals surface area contributed by atoms with Crippen molar-refractivity contribution in [1.82, 2.24) is 9.55 Å². The molecule has 2 N–H and O–H groups in total. The molecule has 18 heavy (non-hydrogen) atoms. The third kappa shape index (κ3) is 2.54. The maximum Gasteiger partial charge on any atom is 0.109 e. The average Bonchev–Trinajstić information content (AvgIpc) is 2.75. The number of benzene rings is 1. The number of nitrogens with zero attached hydrogens (tertiary/aromatic N) is 2. The molecule has 0 bridgehead atoms. The minimum absolute atomic E-state index is 0.563.